The number of aliphatic hydroxyl groups excluding tert-OH is 2. The molecule has 0 amide bonds. The summed E-state index contributed by atoms with van der Waals surface area (Å²) in [5.74, 6) is -0.0762. The quantitative estimate of drug-likeness (QED) is 0.799. The predicted octanol–water partition coefficient (Wildman–Crippen LogP) is 1.29. The average molecular weight is 226 g/mol. The lowest BCUT2D eigenvalue weighted by Gasteiger charge is -2.21. The molecule has 0 aromatic heterocycles. The van der Waals surface area contributed by atoms with Crippen molar-refractivity contribution in [2.45, 2.75) is 12.3 Å². The molecule has 2 N–H and O–H groups in total. The third-order valence-corrected chi connectivity index (χ3v) is 3.12. The molecule has 1 aromatic carbocycles. The highest BCUT2D eigenvalue weighted by Crippen LogP contribution is 2.36. The molecule has 0 bridgehead atoms. The van der Waals surface area contributed by atoms with Crippen LogP contribution in [0, 0.1) is 11.7 Å². The first-order valence-corrected chi connectivity index (χ1v) is 5.40. The summed E-state index contributed by atoms with van der Waals surface area (Å²) in [6.07, 6.45) is 0.665. The highest BCUT2D eigenvalue weighted by atomic mass is 19.1. The average Bonchev–Trinajstić information content (AvgIpc) is 2.46. The van der Waals surface area contributed by atoms with Gasteiger partial charge in [-0.1, -0.05) is 6.07 Å². The van der Waals surface area contributed by atoms with E-state index in [1.807, 2.05) is 0 Å². The highest BCUT2D eigenvalue weighted by Gasteiger charge is 2.27. The fraction of sp³-hybridized carbons (Fsp3) is 0.500. The fourth-order valence-electron chi connectivity index (χ4n) is 2.18. The second-order valence-corrected chi connectivity index (χ2v) is 4.05. The van der Waals surface area contributed by atoms with Gasteiger partial charge in [0.05, 0.1) is 13.2 Å². The van der Waals surface area contributed by atoms with E-state index in [0.29, 0.717) is 18.8 Å². The zero-order valence-electron chi connectivity index (χ0n) is 8.90. The van der Waals surface area contributed by atoms with Crippen LogP contribution < -0.4 is 4.74 Å². The van der Waals surface area contributed by atoms with Crippen LogP contribution in [0.1, 0.15) is 17.9 Å². The number of fused-ring (bicyclic) bond motifs is 1. The van der Waals surface area contributed by atoms with Crippen molar-refractivity contribution >= 4 is 0 Å². The van der Waals surface area contributed by atoms with Crippen molar-refractivity contribution in [3.05, 3.63) is 29.6 Å². The second-order valence-electron chi connectivity index (χ2n) is 4.05. The Morgan fingerprint density at radius 3 is 2.81 bits per heavy atom. The molecule has 0 radical (unpaired) electrons. The van der Waals surface area contributed by atoms with Crippen LogP contribution in [0.25, 0.3) is 0 Å². The van der Waals surface area contributed by atoms with Gasteiger partial charge in [0.25, 0.3) is 0 Å². The first kappa shape index (κ1) is 11.4. The summed E-state index contributed by atoms with van der Waals surface area (Å²) in [4.78, 5) is 0. The van der Waals surface area contributed by atoms with Crippen LogP contribution in [0.5, 0.6) is 5.75 Å². The Kier molecular flexibility index (Phi) is 3.41. The smallest absolute Gasteiger partial charge is 0.126 e. The third-order valence-electron chi connectivity index (χ3n) is 3.12. The van der Waals surface area contributed by atoms with Crippen molar-refractivity contribution in [3.63, 3.8) is 0 Å². The van der Waals surface area contributed by atoms with E-state index in [1.54, 1.807) is 6.07 Å². The molecule has 0 saturated heterocycles. The molecular formula is C12H15FO3. The zero-order chi connectivity index (χ0) is 11.5. The summed E-state index contributed by atoms with van der Waals surface area (Å²) in [7, 11) is 0. The molecule has 0 unspecified atom stereocenters. The van der Waals surface area contributed by atoms with Crippen molar-refractivity contribution in [2.75, 3.05) is 19.8 Å². The van der Waals surface area contributed by atoms with Crippen molar-refractivity contribution in [1.29, 1.82) is 0 Å². The normalized spacial score (nSPS) is 24.4. The minimum absolute atomic E-state index is 0.00536. The molecule has 2 rings (SSSR count). The molecule has 0 saturated carbocycles. The Morgan fingerprint density at radius 2 is 2.12 bits per heavy atom. The van der Waals surface area contributed by atoms with Gasteiger partial charge in [-0.3, -0.25) is 0 Å². The number of ether oxygens (including phenoxy) is 1. The number of hydrogen-bond acceptors (Lipinski definition) is 3. The molecule has 1 aliphatic heterocycles. The number of aliphatic hydroxyl groups is 2. The van der Waals surface area contributed by atoms with Crippen molar-refractivity contribution in [2.24, 2.45) is 5.92 Å². The minimum atomic E-state index is -0.349. The summed E-state index contributed by atoms with van der Waals surface area (Å²) < 4.78 is 18.5. The maximum absolute atomic E-state index is 13.0. The van der Waals surface area contributed by atoms with E-state index >= 15 is 0 Å². The maximum atomic E-state index is 13.0. The molecule has 0 aliphatic carbocycles. The van der Waals surface area contributed by atoms with Crippen molar-refractivity contribution in [1.82, 2.24) is 0 Å². The van der Waals surface area contributed by atoms with Gasteiger partial charge in [-0.15, -0.1) is 0 Å². The molecular weight excluding hydrogens is 211 g/mol. The van der Waals surface area contributed by atoms with E-state index < -0.39 is 0 Å². The first-order valence-electron chi connectivity index (χ1n) is 5.40. The molecule has 88 valence electrons. The van der Waals surface area contributed by atoms with Crippen LogP contribution in [0.3, 0.4) is 0 Å². The van der Waals surface area contributed by atoms with Crippen LogP contribution in [-0.2, 0) is 0 Å². The van der Waals surface area contributed by atoms with Gasteiger partial charge in [0.15, 0.2) is 0 Å². The molecule has 1 heterocycles. The Morgan fingerprint density at radius 1 is 1.31 bits per heavy atom. The Balaban J connectivity index is 2.40. The van der Waals surface area contributed by atoms with Gasteiger partial charge in [-0.2, -0.15) is 0 Å². The lowest BCUT2D eigenvalue weighted by molar-refractivity contribution is 0.148. The van der Waals surface area contributed by atoms with Crippen LogP contribution in [0.15, 0.2) is 18.2 Å². The Labute approximate surface area is 93.5 Å². The number of hydrogen-bond donors (Lipinski definition) is 2. The molecule has 0 fully saturated rings. The second kappa shape index (κ2) is 4.80. The van der Waals surface area contributed by atoms with Gasteiger partial charge in [0.1, 0.15) is 11.6 Å². The van der Waals surface area contributed by atoms with Crippen molar-refractivity contribution in [3.8, 4) is 5.75 Å². The predicted molar refractivity (Wildman–Crippen MR) is 56.9 cm³/mol. The number of rotatable bonds is 2. The SMILES string of the molecule is OC[C@H]1CCOc2cc(F)ccc2[C@@H]1CO. The molecule has 0 spiro atoms. The van der Waals surface area contributed by atoms with Gasteiger partial charge >= 0.3 is 0 Å². The van der Waals surface area contributed by atoms with Crippen molar-refractivity contribution < 1.29 is 19.3 Å². The van der Waals surface area contributed by atoms with Gasteiger partial charge in [-0.25, -0.2) is 4.39 Å². The third kappa shape index (κ3) is 2.03. The summed E-state index contributed by atoms with van der Waals surface area (Å²) in [5, 5.41) is 18.6. The summed E-state index contributed by atoms with van der Waals surface area (Å²) in [6.45, 7) is 0.386. The fourth-order valence-corrected chi connectivity index (χ4v) is 2.18. The van der Waals surface area contributed by atoms with E-state index in [9.17, 15) is 14.6 Å². The molecule has 1 aromatic rings. The van der Waals surface area contributed by atoms with E-state index in [2.05, 4.69) is 0 Å². The van der Waals surface area contributed by atoms with Crippen LogP contribution in [-0.4, -0.2) is 30.0 Å². The lowest BCUT2D eigenvalue weighted by atomic mass is 9.85. The zero-order valence-corrected chi connectivity index (χ0v) is 8.90. The molecule has 2 atom stereocenters. The van der Waals surface area contributed by atoms with E-state index in [4.69, 9.17) is 4.74 Å². The topological polar surface area (TPSA) is 49.7 Å². The monoisotopic (exact) mass is 226 g/mol. The summed E-state index contributed by atoms with van der Waals surface area (Å²) in [5.41, 5.74) is 0.778. The van der Waals surface area contributed by atoms with Gasteiger partial charge in [-0.05, 0) is 18.4 Å². The van der Waals surface area contributed by atoms with E-state index in [1.165, 1.54) is 12.1 Å². The number of benzene rings is 1. The van der Waals surface area contributed by atoms with E-state index in [0.717, 1.165) is 5.56 Å². The van der Waals surface area contributed by atoms with Gasteiger partial charge in [0, 0.05) is 24.2 Å². The van der Waals surface area contributed by atoms with Crippen LogP contribution >= 0.6 is 0 Å². The first-order chi connectivity index (χ1) is 7.76. The summed E-state index contributed by atoms with van der Waals surface area (Å²) in [6, 6.07) is 4.31. The number of halogens is 1. The van der Waals surface area contributed by atoms with Crippen LogP contribution in [0.2, 0.25) is 0 Å². The van der Waals surface area contributed by atoms with E-state index in [-0.39, 0.29) is 30.9 Å². The molecule has 4 heteroatoms. The largest absolute Gasteiger partial charge is 0.493 e. The lowest BCUT2D eigenvalue weighted by Crippen LogP contribution is -2.19. The minimum Gasteiger partial charge on any atom is -0.493 e. The van der Waals surface area contributed by atoms with Gasteiger partial charge < -0.3 is 14.9 Å². The maximum Gasteiger partial charge on any atom is 0.126 e. The highest BCUT2D eigenvalue weighted by molar-refractivity contribution is 5.38. The molecule has 1 aliphatic rings. The molecule has 3 nitrogen and oxygen atoms in total. The van der Waals surface area contributed by atoms with Gasteiger partial charge in [0.2, 0.25) is 0 Å². The Hall–Kier alpha value is -1.13. The summed E-state index contributed by atoms with van der Waals surface area (Å²) >= 11 is 0. The molecule has 16 heavy (non-hydrogen) atoms. The van der Waals surface area contributed by atoms with Crippen LogP contribution in [0.4, 0.5) is 4.39 Å². The standard InChI is InChI=1S/C12H15FO3/c13-9-1-2-10-11(7-15)8(6-14)3-4-16-12(10)5-9/h1-2,5,8,11,14-15H,3-4,6-7H2/t8-,11-/m1/s1. The Bertz CT molecular complexity index is 367.